The highest BCUT2D eigenvalue weighted by Crippen LogP contribution is 2.28. The molecule has 0 unspecified atom stereocenters. The quantitative estimate of drug-likeness (QED) is 0.570. The number of amides is 3. The van der Waals surface area contributed by atoms with Crippen LogP contribution in [0.3, 0.4) is 0 Å². The molecule has 2 aromatic carbocycles. The van der Waals surface area contributed by atoms with Crippen molar-refractivity contribution >= 4 is 23.3 Å². The van der Waals surface area contributed by atoms with Gasteiger partial charge in [-0.05, 0) is 25.5 Å². The van der Waals surface area contributed by atoms with E-state index in [0.717, 1.165) is 11.1 Å². The van der Waals surface area contributed by atoms with Gasteiger partial charge in [-0.1, -0.05) is 35.9 Å². The minimum Gasteiger partial charge on any atom is -0.327 e. The molecule has 0 spiro atoms. The third kappa shape index (κ3) is 3.95. The Balaban J connectivity index is 1.93. The normalized spacial score (nSPS) is 16.4. The Morgan fingerprint density at radius 1 is 1.15 bits per heavy atom. The number of hydrogen-bond donors (Lipinski definition) is 3. The smallest absolute Gasteiger partial charge is 0.319 e. The van der Waals surface area contributed by atoms with Crippen molar-refractivity contribution in [3.63, 3.8) is 0 Å². The second kappa shape index (κ2) is 7.28. The molecular formula is C19H18N4O4. The molecule has 8 nitrogen and oxygen atoms in total. The maximum atomic E-state index is 12.9. The van der Waals surface area contributed by atoms with Crippen molar-refractivity contribution in [2.75, 3.05) is 5.32 Å². The van der Waals surface area contributed by atoms with Gasteiger partial charge in [0.2, 0.25) is 0 Å². The summed E-state index contributed by atoms with van der Waals surface area (Å²) in [6, 6.07) is 12.1. The van der Waals surface area contributed by atoms with Crippen LogP contribution in [0.5, 0.6) is 0 Å². The van der Waals surface area contributed by atoms with Gasteiger partial charge in [0.25, 0.3) is 11.6 Å². The molecule has 3 N–H and O–H groups in total. The number of aryl methyl sites for hydroxylation is 1. The van der Waals surface area contributed by atoms with Crippen LogP contribution >= 0.6 is 0 Å². The first-order valence-electron chi connectivity index (χ1n) is 8.26. The molecule has 0 radical (unpaired) electrons. The minimum atomic E-state index is -0.627. The summed E-state index contributed by atoms with van der Waals surface area (Å²) >= 11 is 0. The summed E-state index contributed by atoms with van der Waals surface area (Å²) in [5, 5.41) is 18.9. The van der Waals surface area contributed by atoms with Gasteiger partial charge < -0.3 is 16.0 Å². The zero-order valence-corrected chi connectivity index (χ0v) is 14.8. The monoisotopic (exact) mass is 366 g/mol. The lowest BCUT2D eigenvalue weighted by Gasteiger charge is -2.28. The standard InChI is InChI=1S/C19H18N4O4/c1-11-6-8-13(9-7-11)17-16(12(2)20-19(25)22-17)18(24)21-14-4-3-5-15(10-14)23(26)27/h3-10,17H,1-2H3,(H,21,24)(H2,20,22,25)/t17-/m0/s1. The predicted molar refractivity (Wildman–Crippen MR) is 100 cm³/mol. The fraction of sp³-hybridized carbons (Fsp3) is 0.158. The Hall–Kier alpha value is -3.68. The molecule has 3 rings (SSSR count). The molecule has 0 fully saturated rings. The van der Waals surface area contributed by atoms with E-state index in [1.54, 1.807) is 13.0 Å². The molecule has 8 heteroatoms. The molecule has 2 aromatic rings. The van der Waals surface area contributed by atoms with Crippen molar-refractivity contribution in [1.29, 1.82) is 0 Å². The highest BCUT2D eigenvalue weighted by atomic mass is 16.6. The number of non-ortho nitro benzene ring substituents is 1. The first-order chi connectivity index (χ1) is 12.8. The van der Waals surface area contributed by atoms with E-state index in [-0.39, 0.29) is 5.69 Å². The third-order valence-electron chi connectivity index (χ3n) is 4.24. The van der Waals surface area contributed by atoms with Crippen molar-refractivity contribution in [2.45, 2.75) is 19.9 Å². The Morgan fingerprint density at radius 2 is 1.85 bits per heavy atom. The summed E-state index contributed by atoms with van der Waals surface area (Å²) in [5.74, 6) is -0.453. The SMILES string of the molecule is CC1=C(C(=O)Nc2cccc([N+](=O)[O-])c2)[C@H](c2ccc(C)cc2)NC(=O)N1. The number of rotatable bonds is 4. The van der Waals surface area contributed by atoms with E-state index >= 15 is 0 Å². The molecule has 1 aliphatic rings. The molecule has 3 amide bonds. The fourth-order valence-corrected chi connectivity index (χ4v) is 2.90. The number of carbonyl (C=O) groups is 2. The molecule has 0 aromatic heterocycles. The molecule has 138 valence electrons. The Kier molecular flexibility index (Phi) is 4.89. The third-order valence-corrected chi connectivity index (χ3v) is 4.24. The number of allylic oxidation sites excluding steroid dienone is 1. The highest BCUT2D eigenvalue weighted by Gasteiger charge is 2.31. The molecule has 1 atom stereocenters. The van der Waals surface area contributed by atoms with Crippen LogP contribution in [0.15, 0.2) is 59.8 Å². The van der Waals surface area contributed by atoms with Crippen LogP contribution in [0.4, 0.5) is 16.2 Å². The summed E-state index contributed by atoms with van der Waals surface area (Å²) in [6.07, 6.45) is 0. The number of benzene rings is 2. The molecule has 0 bridgehead atoms. The zero-order valence-electron chi connectivity index (χ0n) is 14.8. The first kappa shape index (κ1) is 18.1. The number of anilines is 1. The lowest BCUT2D eigenvalue weighted by Crippen LogP contribution is -2.45. The Morgan fingerprint density at radius 3 is 2.52 bits per heavy atom. The fourth-order valence-electron chi connectivity index (χ4n) is 2.90. The molecule has 1 heterocycles. The summed E-state index contributed by atoms with van der Waals surface area (Å²) in [6.45, 7) is 3.59. The predicted octanol–water partition coefficient (Wildman–Crippen LogP) is 3.17. The van der Waals surface area contributed by atoms with Gasteiger partial charge in [0.1, 0.15) is 0 Å². The molecule has 1 aliphatic heterocycles. The molecular weight excluding hydrogens is 348 g/mol. The van der Waals surface area contributed by atoms with Crippen LogP contribution < -0.4 is 16.0 Å². The number of urea groups is 1. The summed E-state index contributed by atoms with van der Waals surface area (Å²) in [5.41, 5.74) is 2.76. The number of nitro groups is 1. The number of nitrogens with zero attached hydrogens (tertiary/aromatic N) is 1. The summed E-state index contributed by atoms with van der Waals surface area (Å²) in [4.78, 5) is 35.2. The Bertz CT molecular complexity index is 950. The highest BCUT2D eigenvalue weighted by molar-refractivity contribution is 6.06. The van der Waals surface area contributed by atoms with Gasteiger partial charge in [-0.25, -0.2) is 4.79 Å². The van der Waals surface area contributed by atoms with Gasteiger partial charge in [-0.2, -0.15) is 0 Å². The van der Waals surface area contributed by atoms with Crippen LogP contribution in [-0.4, -0.2) is 16.9 Å². The minimum absolute atomic E-state index is 0.122. The van der Waals surface area contributed by atoms with Crippen molar-refractivity contribution < 1.29 is 14.5 Å². The maximum Gasteiger partial charge on any atom is 0.319 e. The molecule has 0 saturated heterocycles. The van der Waals surface area contributed by atoms with Crippen molar-refractivity contribution in [1.82, 2.24) is 10.6 Å². The lowest BCUT2D eigenvalue weighted by molar-refractivity contribution is -0.384. The first-order valence-corrected chi connectivity index (χ1v) is 8.26. The average Bonchev–Trinajstić information content (AvgIpc) is 2.61. The number of hydrogen-bond acceptors (Lipinski definition) is 4. The van der Waals surface area contributed by atoms with Crippen LogP contribution in [0.25, 0.3) is 0 Å². The van der Waals surface area contributed by atoms with Crippen LogP contribution in [0.2, 0.25) is 0 Å². The number of nitro benzene ring substituents is 1. The number of carbonyl (C=O) groups excluding carboxylic acids is 2. The van der Waals surface area contributed by atoms with Gasteiger partial charge in [-0.3, -0.25) is 14.9 Å². The van der Waals surface area contributed by atoms with Gasteiger partial charge >= 0.3 is 6.03 Å². The largest absolute Gasteiger partial charge is 0.327 e. The Labute approximate surface area is 155 Å². The average molecular weight is 366 g/mol. The number of nitrogens with one attached hydrogen (secondary N) is 3. The van der Waals surface area contributed by atoms with E-state index in [4.69, 9.17) is 0 Å². The van der Waals surface area contributed by atoms with E-state index in [9.17, 15) is 19.7 Å². The van der Waals surface area contributed by atoms with E-state index in [1.807, 2.05) is 31.2 Å². The van der Waals surface area contributed by atoms with Crippen LogP contribution in [-0.2, 0) is 4.79 Å². The maximum absolute atomic E-state index is 12.9. The summed E-state index contributed by atoms with van der Waals surface area (Å²) in [7, 11) is 0. The molecule has 27 heavy (non-hydrogen) atoms. The zero-order chi connectivity index (χ0) is 19.6. The second-order valence-electron chi connectivity index (χ2n) is 6.24. The van der Waals surface area contributed by atoms with Gasteiger partial charge in [0.15, 0.2) is 0 Å². The van der Waals surface area contributed by atoms with E-state index in [1.165, 1.54) is 18.2 Å². The second-order valence-corrected chi connectivity index (χ2v) is 6.24. The van der Waals surface area contributed by atoms with Crippen molar-refractivity contribution in [3.8, 4) is 0 Å². The van der Waals surface area contributed by atoms with E-state index in [0.29, 0.717) is 17.0 Å². The molecule has 0 saturated carbocycles. The van der Waals surface area contributed by atoms with Crippen LogP contribution in [0, 0.1) is 17.0 Å². The van der Waals surface area contributed by atoms with Crippen molar-refractivity contribution in [3.05, 3.63) is 81.0 Å². The van der Waals surface area contributed by atoms with E-state index < -0.39 is 22.9 Å². The molecule has 0 aliphatic carbocycles. The van der Waals surface area contributed by atoms with Gasteiger partial charge in [0, 0.05) is 23.5 Å². The van der Waals surface area contributed by atoms with Crippen LogP contribution in [0.1, 0.15) is 24.1 Å². The van der Waals surface area contributed by atoms with Gasteiger partial charge in [-0.15, -0.1) is 0 Å². The van der Waals surface area contributed by atoms with E-state index in [2.05, 4.69) is 16.0 Å². The summed E-state index contributed by atoms with van der Waals surface area (Å²) < 4.78 is 0. The van der Waals surface area contributed by atoms with Gasteiger partial charge in [0.05, 0.1) is 16.5 Å². The van der Waals surface area contributed by atoms with Crippen molar-refractivity contribution in [2.24, 2.45) is 0 Å². The lowest BCUT2D eigenvalue weighted by atomic mass is 9.94. The topological polar surface area (TPSA) is 113 Å².